The predicted molar refractivity (Wildman–Crippen MR) is 91.4 cm³/mol. The minimum absolute atomic E-state index is 0.0451. The molecule has 2 rings (SSSR count). The van der Waals surface area contributed by atoms with Gasteiger partial charge in [0.1, 0.15) is 18.5 Å². The van der Waals surface area contributed by atoms with Crippen LogP contribution in [-0.4, -0.2) is 32.0 Å². The van der Waals surface area contributed by atoms with E-state index in [1.165, 1.54) is 0 Å². The molecule has 0 aliphatic heterocycles. The van der Waals surface area contributed by atoms with Gasteiger partial charge in [-0.2, -0.15) is 0 Å². The number of aryl methyl sites for hydroxylation is 2. The van der Waals surface area contributed by atoms with E-state index in [1.807, 2.05) is 50.2 Å². The van der Waals surface area contributed by atoms with Gasteiger partial charge in [0, 0.05) is 0 Å². The molecule has 0 bridgehead atoms. The molecule has 0 fully saturated rings. The van der Waals surface area contributed by atoms with Crippen LogP contribution in [0.25, 0.3) is 0 Å². The van der Waals surface area contributed by atoms with Gasteiger partial charge in [0.25, 0.3) is 0 Å². The van der Waals surface area contributed by atoms with Crippen LogP contribution in [0.5, 0.6) is 5.75 Å². The van der Waals surface area contributed by atoms with E-state index in [0.717, 1.165) is 16.7 Å². The molecule has 5 heteroatoms. The molecule has 1 N–H and O–H groups in total. The third kappa shape index (κ3) is 6.04. The maximum atomic E-state index is 12.2. The van der Waals surface area contributed by atoms with Crippen molar-refractivity contribution >= 4 is 9.84 Å². The van der Waals surface area contributed by atoms with Crippen LogP contribution in [0.1, 0.15) is 16.7 Å². The zero-order valence-electron chi connectivity index (χ0n) is 13.4. The number of rotatable bonds is 7. The predicted octanol–water partition coefficient (Wildman–Crippen LogP) is 2.66. The summed E-state index contributed by atoms with van der Waals surface area (Å²) in [6, 6.07) is 14.8. The molecule has 0 aromatic heterocycles. The summed E-state index contributed by atoms with van der Waals surface area (Å²) < 4.78 is 29.8. The SMILES string of the molecule is Cc1cccc(CS(=O)(=O)CC(O)COc2cccc(C)c2)c1. The first-order valence-electron chi connectivity index (χ1n) is 7.47. The van der Waals surface area contributed by atoms with E-state index in [0.29, 0.717) is 5.75 Å². The Morgan fingerprint density at radius 2 is 1.70 bits per heavy atom. The molecule has 23 heavy (non-hydrogen) atoms. The fourth-order valence-electron chi connectivity index (χ4n) is 2.35. The molecule has 0 saturated carbocycles. The van der Waals surface area contributed by atoms with Gasteiger partial charge >= 0.3 is 0 Å². The number of ether oxygens (including phenoxy) is 1. The smallest absolute Gasteiger partial charge is 0.157 e. The summed E-state index contributed by atoms with van der Waals surface area (Å²) in [4.78, 5) is 0. The van der Waals surface area contributed by atoms with Gasteiger partial charge in [0.2, 0.25) is 0 Å². The minimum Gasteiger partial charge on any atom is -0.491 e. The molecule has 1 atom stereocenters. The molecule has 1 unspecified atom stereocenters. The van der Waals surface area contributed by atoms with Crippen molar-refractivity contribution in [3.05, 3.63) is 65.2 Å². The van der Waals surface area contributed by atoms with Gasteiger partial charge in [-0.25, -0.2) is 8.42 Å². The second-order valence-corrected chi connectivity index (χ2v) is 7.93. The average Bonchev–Trinajstić information content (AvgIpc) is 2.44. The summed E-state index contributed by atoms with van der Waals surface area (Å²) in [5, 5.41) is 9.94. The normalized spacial score (nSPS) is 12.8. The zero-order valence-corrected chi connectivity index (χ0v) is 14.2. The maximum absolute atomic E-state index is 12.2. The van der Waals surface area contributed by atoms with Crippen molar-refractivity contribution in [2.75, 3.05) is 12.4 Å². The lowest BCUT2D eigenvalue weighted by Gasteiger charge is -2.13. The van der Waals surface area contributed by atoms with Crippen molar-refractivity contribution < 1.29 is 18.3 Å². The van der Waals surface area contributed by atoms with E-state index in [1.54, 1.807) is 12.1 Å². The molecule has 0 heterocycles. The van der Waals surface area contributed by atoms with Crippen molar-refractivity contribution in [2.45, 2.75) is 25.7 Å². The van der Waals surface area contributed by atoms with Gasteiger partial charge in [-0.15, -0.1) is 0 Å². The molecule has 0 aliphatic rings. The first-order chi connectivity index (χ1) is 10.8. The summed E-state index contributed by atoms with van der Waals surface area (Å²) in [6.45, 7) is 3.81. The molecule has 0 amide bonds. The van der Waals surface area contributed by atoms with Crippen molar-refractivity contribution in [1.82, 2.24) is 0 Å². The largest absolute Gasteiger partial charge is 0.491 e. The number of aliphatic hydroxyl groups is 1. The van der Waals surface area contributed by atoms with Gasteiger partial charge in [-0.05, 0) is 37.1 Å². The Kier molecular flexibility index (Phi) is 5.80. The maximum Gasteiger partial charge on any atom is 0.157 e. The number of aliphatic hydroxyl groups excluding tert-OH is 1. The highest BCUT2D eigenvalue weighted by molar-refractivity contribution is 7.90. The van der Waals surface area contributed by atoms with E-state index >= 15 is 0 Å². The Morgan fingerprint density at radius 1 is 1.04 bits per heavy atom. The molecule has 0 aliphatic carbocycles. The van der Waals surface area contributed by atoms with Crippen LogP contribution < -0.4 is 4.74 Å². The van der Waals surface area contributed by atoms with Gasteiger partial charge < -0.3 is 9.84 Å². The number of hydrogen-bond donors (Lipinski definition) is 1. The first kappa shape index (κ1) is 17.5. The molecule has 2 aromatic carbocycles. The second-order valence-electron chi connectivity index (χ2n) is 5.82. The molecule has 0 saturated heterocycles. The summed E-state index contributed by atoms with van der Waals surface area (Å²) in [5.74, 6) is 0.239. The highest BCUT2D eigenvalue weighted by Crippen LogP contribution is 2.14. The van der Waals surface area contributed by atoms with Crippen LogP contribution in [0.2, 0.25) is 0 Å². The van der Waals surface area contributed by atoms with Gasteiger partial charge in [-0.1, -0.05) is 42.0 Å². The molecule has 2 aromatic rings. The molecule has 0 radical (unpaired) electrons. The third-order valence-electron chi connectivity index (χ3n) is 3.35. The summed E-state index contributed by atoms with van der Waals surface area (Å²) in [7, 11) is -3.39. The molecule has 124 valence electrons. The van der Waals surface area contributed by atoms with E-state index < -0.39 is 15.9 Å². The molecular weight excluding hydrogens is 312 g/mol. The average molecular weight is 334 g/mol. The third-order valence-corrected chi connectivity index (χ3v) is 5.01. The summed E-state index contributed by atoms with van der Waals surface area (Å²) >= 11 is 0. The van der Waals surface area contributed by atoms with Crippen LogP contribution in [0.15, 0.2) is 48.5 Å². The van der Waals surface area contributed by atoms with E-state index in [9.17, 15) is 13.5 Å². The lowest BCUT2D eigenvalue weighted by atomic mass is 10.2. The van der Waals surface area contributed by atoms with Crippen molar-refractivity contribution in [2.24, 2.45) is 0 Å². The van der Waals surface area contributed by atoms with Crippen LogP contribution in [0, 0.1) is 13.8 Å². The topological polar surface area (TPSA) is 63.6 Å². The summed E-state index contributed by atoms with van der Waals surface area (Å²) in [5.41, 5.74) is 2.79. The van der Waals surface area contributed by atoms with Crippen molar-refractivity contribution in [3.63, 3.8) is 0 Å². The van der Waals surface area contributed by atoms with Gasteiger partial charge in [-0.3, -0.25) is 0 Å². The molecule has 4 nitrogen and oxygen atoms in total. The van der Waals surface area contributed by atoms with E-state index in [2.05, 4.69) is 0 Å². The van der Waals surface area contributed by atoms with E-state index in [4.69, 9.17) is 4.74 Å². The first-order valence-corrected chi connectivity index (χ1v) is 9.30. The highest BCUT2D eigenvalue weighted by Gasteiger charge is 2.18. The van der Waals surface area contributed by atoms with Crippen LogP contribution >= 0.6 is 0 Å². The second kappa shape index (κ2) is 7.62. The number of sulfone groups is 1. The monoisotopic (exact) mass is 334 g/mol. The Balaban J connectivity index is 1.89. The fourth-order valence-corrected chi connectivity index (χ4v) is 3.84. The summed E-state index contributed by atoms with van der Waals surface area (Å²) in [6.07, 6.45) is -1.05. The lowest BCUT2D eigenvalue weighted by molar-refractivity contribution is 0.125. The Morgan fingerprint density at radius 3 is 2.35 bits per heavy atom. The lowest BCUT2D eigenvalue weighted by Crippen LogP contribution is -2.27. The van der Waals surface area contributed by atoms with E-state index in [-0.39, 0.29) is 18.1 Å². The van der Waals surface area contributed by atoms with Gasteiger partial charge in [0.05, 0.1) is 11.5 Å². The Labute approximate surface area is 137 Å². The van der Waals surface area contributed by atoms with Crippen LogP contribution in [0.3, 0.4) is 0 Å². The van der Waals surface area contributed by atoms with Crippen molar-refractivity contribution in [3.8, 4) is 5.75 Å². The highest BCUT2D eigenvalue weighted by atomic mass is 32.2. The number of benzene rings is 2. The Hall–Kier alpha value is -1.85. The Bertz CT molecular complexity index is 753. The van der Waals surface area contributed by atoms with Gasteiger partial charge in [0.15, 0.2) is 9.84 Å². The fraction of sp³-hybridized carbons (Fsp3) is 0.333. The zero-order chi connectivity index (χ0) is 16.9. The number of hydrogen-bond acceptors (Lipinski definition) is 4. The quantitative estimate of drug-likeness (QED) is 0.845. The standard InChI is InChI=1S/C18H22O4S/c1-14-5-3-7-16(9-14)12-23(20,21)13-17(19)11-22-18-8-4-6-15(2)10-18/h3-10,17,19H,11-13H2,1-2H3. The van der Waals surface area contributed by atoms with Crippen molar-refractivity contribution in [1.29, 1.82) is 0 Å². The molecular formula is C18H22O4S. The van der Waals surface area contributed by atoms with Crippen LogP contribution in [0.4, 0.5) is 0 Å². The molecule has 0 spiro atoms. The van der Waals surface area contributed by atoms with Crippen LogP contribution in [-0.2, 0) is 15.6 Å². The minimum atomic E-state index is -3.39.